The predicted octanol–water partition coefficient (Wildman–Crippen LogP) is 0.887. The van der Waals surface area contributed by atoms with Crippen molar-refractivity contribution < 1.29 is 39.5 Å². The maximum absolute atomic E-state index is 9.82. The van der Waals surface area contributed by atoms with E-state index in [1.165, 1.54) is 0 Å². The Kier molecular flexibility index (Phi) is 72.2. The van der Waals surface area contributed by atoms with E-state index in [0.717, 1.165) is 6.42 Å². The molecule has 0 aromatic rings. The number of carbonyl (C=O) groups is 1. The Hall–Kier alpha value is -0.0400. The van der Waals surface area contributed by atoms with Crippen LogP contribution in [0.25, 0.3) is 0 Å². The molecule has 0 amide bonds. The standard InChI is InChI=1S/C5H9N.C5H10O2.4CH4.Na/c1-3-5(2)4-6;1-3-4(2)5(6)7;;;;;/h5H,3H2,1-2H3;4H,3H2,1-2H3,(H,6,7);4*1H4;/q;;;;;;+1/p-1. The summed E-state index contributed by atoms with van der Waals surface area (Å²) >= 11 is 0. The third-order valence-electron chi connectivity index (χ3n) is 1.85. The van der Waals surface area contributed by atoms with Crippen molar-refractivity contribution in [2.45, 2.75) is 70.2 Å². The number of hydrogen-bond acceptors (Lipinski definition) is 3. The number of nitriles is 1. The van der Waals surface area contributed by atoms with E-state index in [9.17, 15) is 9.90 Å². The molecule has 0 aliphatic carbocycles. The third kappa shape index (κ3) is 36.0. The first-order valence-electron chi connectivity index (χ1n) is 4.59. The Morgan fingerprint density at radius 3 is 1.44 bits per heavy atom. The molecule has 0 N–H and O–H groups in total. The molecule has 0 heterocycles. The van der Waals surface area contributed by atoms with Gasteiger partial charge in [0.05, 0.1) is 6.07 Å². The number of carboxylic acids is 1. The molecule has 0 aromatic heterocycles. The molecule has 0 radical (unpaired) electrons. The summed E-state index contributed by atoms with van der Waals surface area (Å²) in [4.78, 5) is 9.82. The fourth-order valence-corrected chi connectivity index (χ4v) is 0.258. The Morgan fingerprint density at radius 2 is 1.44 bits per heavy atom. The third-order valence-corrected chi connectivity index (χ3v) is 1.85. The molecule has 0 spiro atoms. The van der Waals surface area contributed by atoms with Gasteiger partial charge in [-0.25, -0.2) is 0 Å². The molecular formula is C14H34NNaO2. The first-order chi connectivity index (χ1) is 5.99. The van der Waals surface area contributed by atoms with Crippen LogP contribution in [-0.4, -0.2) is 5.97 Å². The summed E-state index contributed by atoms with van der Waals surface area (Å²) in [5, 5.41) is 17.9. The van der Waals surface area contributed by atoms with E-state index in [-0.39, 0.29) is 71.1 Å². The smallest absolute Gasteiger partial charge is 0.550 e. The molecule has 0 aliphatic heterocycles. The zero-order chi connectivity index (χ0) is 10.9. The summed E-state index contributed by atoms with van der Waals surface area (Å²) in [6, 6.07) is 2.11. The average Bonchev–Trinajstić information content (AvgIpc) is 2.16. The van der Waals surface area contributed by atoms with Gasteiger partial charge in [-0.2, -0.15) is 5.26 Å². The van der Waals surface area contributed by atoms with Gasteiger partial charge < -0.3 is 9.90 Å². The second kappa shape index (κ2) is 30.2. The van der Waals surface area contributed by atoms with E-state index in [0.29, 0.717) is 6.42 Å². The van der Waals surface area contributed by atoms with Gasteiger partial charge in [0, 0.05) is 11.9 Å². The molecule has 0 saturated heterocycles. The molecule has 0 bridgehead atoms. The molecule has 2 atom stereocenters. The van der Waals surface area contributed by atoms with Crippen molar-refractivity contribution in [2.24, 2.45) is 11.8 Å². The molecule has 0 saturated carbocycles. The van der Waals surface area contributed by atoms with Crippen molar-refractivity contribution in [3.63, 3.8) is 0 Å². The van der Waals surface area contributed by atoms with Crippen molar-refractivity contribution in [1.29, 1.82) is 5.26 Å². The molecule has 0 fully saturated rings. The van der Waals surface area contributed by atoms with Crippen molar-refractivity contribution in [3.8, 4) is 6.07 Å². The van der Waals surface area contributed by atoms with Gasteiger partial charge >= 0.3 is 29.6 Å². The van der Waals surface area contributed by atoms with Gasteiger partial charge in [-0.15, -0.1) is 0 Å². The SMILES string of the molecule is C.C.C.C.CCC(C)C#N.CCC(C)C(=O)[O-].[Na+]. The molecule has 2 unspecified atom stereocenters. The number of carboxylic acid groups (broad SMARTS) is 1. The van der Waals surface area contributed by atoms with Crippen LogP contribution in [0.15, 0.2) is 0 Å². The van der Waals surface area contributed by atoms with Gasteiger partial charge in [-0.05, 0) is 25.7 Å². The summed E-state index contributed by atoms with van der Waals surface area (Å²) in [6.07, 6.45) is 1.62. The van der Waals surface area contributed by atoms with E-state index in [4.69, 9.17) is 5.26 Å². The number of nitrogens with zero attached hydrogens (tertiary/aromatic N) is 1. The Labute approximate surface area is 138 Å². The van der Waals surface area contributed by atoms with Crippen LogP contribution in [0.5, 0.6) is 0 Å². The second-order valence-corrected chi connectivity index (χ2v) is 3.07. The normalized spacial score (nSPS) is 9.50. The summed E-state index contributed by atoms with van der Waals surface area (Å²) in [5.41, 5.74) is 0. The van der Waals surface area contributed by atoms with Crippen molar-refractivity contribution in [1.82, 2.24) is 0 Å². The van der Waals surface area contributed by atoms with Crippen LogP contribution in [0.2, 0.25) is 0 Å². The number of rotatable bonds is 3. The van der Waals surface area contributed by atoms with Gasteiger partial charge in [-0.1, -0.05) is 50.5 Å². The zero-order valence-corrected chi connectivity index (χ0v) is 11.8. The molecule has 4 heteroatoms. The number of aliphatic carboxylic acids is 1. The zero-order valence-electron chi connectivity index (χ0n) is 9.83. The topological polar surface area (TPSA) is 63.9 Å². The van der Waals surface area contributed by atoms with Crippen LogP contribution in [0.1, 0.15) is 70.2 Å². The summed E-state index contributed by atoms with van der Waals surface area (Å²) < 4.78 is 0. The van der Waals surface area contributed by atoms with Gasteiger partial charge in [0.1, 0.15) is 0 Å². The largest absolute Gasteiger partial charge is 1.00 e. The van der Waals surface area contributed by atoms with Crippen LogP contribution in [0, 0.1) is 23.2 Å². The average molecular weight is 271 g/mol. The van der Waals surface area contributed by atoms with Crippen molar-refractivity contribution in [3.05, 3.63) is 0 Å². The fourth-order valence-electron chi connectivity index (χ4n) is 0.258. The van der Waals surface area contributed by atoms with E-state index in [1.807, 2.05) is 20.8 Å². The van der Waals surface area contributed by atoms with Gasteiger partial charge in [0.15, 0.2) is 0 Å². The predicted molar refractivity (Wildman–Crippen MR) is 76.5 cm³/mol. The second-order valence-electron chi connectivity index (χ2n) is 3.07. The van der Waals surface area contributed by atoms with Crippen LogP contribution in [0.4, 0.5) is 0 Å². The molecule has 108 valence electrons. The van der Waals surface area contributed by atoms with Crippen LogP contribution in [0.3, 0.4) is 0 Å². The van der Waals surface area contributed by atoms with Crippen LogP contribution < -0.4 is 34.7 Å². The molecule has 18 heavy (non-hydrogen) atoms. The van der Waals surface area contributed by atoms with Crippen molar-refractivity contribution >= 4 is 5.97 Å². The Balaban J connectivity index is -0.0000000212. The maximum Gasteiger partial charge on any atom is 1.00 e. The van der Waals surface area contributed by atoms with Crippen LogP contribution >= 0.6 is 0 Å². The monoisotopic (exact) mass is 271 g/mol. The molecule has 0 aliphatic rings. The quantitative estimate of drug-likeness (QED) is 0.716. The fraction of sp³-hybridized carbons (Fsp3) is 0.857. The van der Waals surface area contributed by atoms with E-state index < -0.39 is 5.97 Å². The molecular weight excluding hydrogens is 237 g/mol. The first kappa shape index (κ1) is 43.0. The molecule has 3 nitrogen and oxygen atoms in total. The van der Waals surface area contributed by atoms with Gasteiger partial charge in [0.2, 0.25) is 0 Å². The van der Waals surface area contributed by atoms with E-state index >= 15 is 0 Å². The van der Waals surface area contributed by atoms with Crippen LogP contribution in [-0.2, 0) is 4.79 Å². The molecule has 0 aromatic carbocycles. The first-order valence-corrected chi connectivity index (χ1v) is 4.59. The minimum absolute atomic E-state index is 0. The minimum atomic E-state index is -0.956. The van der Waals surface area contributed by atoms with Crippen molar-refractivity contribution in [2.75, 3.05) is 0 Å². The van der Waals surface area contributed by atoms with Gasteiger partial charge in [-0.3, -0.25) is 0 Å². The molecule has 0 rings (SSSR count). The minimum Gasteiger partial charge on any atom is -0.550 e. The Morgan fingerprint density at radius 1 is 1.11 bits per heavy atom. The summed E-state index contributed by atoms with van der Waals surface area (Å²) in [6.45, 7) is 7.38. The number of hydrogen-bond donors (Lipinski definition) is 0. The summed E-state index contributed by atoms with van der Waals surface area (Å²) in [7, 11) is 0. The summed E-state index contributed by atoms with van der Waals surface area (Å²) in [5.74, 6) is -1.01. The number of carbonyl (C=O) groups excluding carboxylic acids is 1. The Bertz CT molecular complexity index is 179. The van der Waals surface area contributed by atoms with Gasteiger partial charge in [0.25, 0.3) is 0 Å². The van der Waals surface area contributed by atoms with E-state index in [1.54, 1.807) is 6.92 Å². The maximum atomic E-state index is 9.82. The van der Waals surface area contributed by atoms with E-state index in [2.05, 4.69) is 6.07 Å².